The van der Waals surface area contributed by atoms with Crippen molar-refractivity contribution >= 4 is 17.9 Å². The lowest BCUT2D eigenvalue weighted by atomic mass is 10.2. The summed E-state index contributed by atoms with van der Waals surface area (Å²) in [5, 5.41) is 0. The van der Waals surface area contributed by atoms with Crippen LogP contribution in [0.15, 0.2) is 54.6 Å². The number of hydrogen-bond acceptors (Lipinski definition) is 3. The van der Waals surface area contributed by atoms with Crippen molar-refractivity contribution in [2.75, 3.05) is 0 Å². The van der Waals surface area contributed by atoms with E-state index in [-0.39, 0.29) is 5.75 Å². The second-order valence-corrected chi connectivity index (χ2v) is 5.06. The molecule has 0 heterocycles. The fourth-order valence-electron chi connectivity index (χ4n) is 1.83. The lowest BCUT2D eigenvalue weighted by Gasteiger charge is -2.15. The highest BCUT2D eigenvalue weighted by molar-refractivity contribution is 5.93. The average Bonchev–Trinajstić information content (AvgIpc) is 2.59. The van der Waals surface area contributed by atoms with Gasteiger partial charge in [0.2, 0.25) is 0 Å². The van der Waals surface area contributed by atoms with Gasteiger partial charge < -0.3 is 4.74 Å². The molecule has 2 aromatic rings. The van der Waals surface area contributed by atoms with Crippen LogP contribution in [0.2, 0.25) is 0 Å². The summed E-state index contributed by atoms with van der Waals surface area (Å²) in [6.45, 7) is 1.41. The van der Waals surface area contributed by atoms with E-state index in [1.807, 2.05) is 0 Å². The summed E-state index contributed by atoms with van der Waals surface area (Å²) in [7, 11) is 0. The van der Waals surface area contributed by atoms with Gasteiger partial charge in [-0.3, -0.25) is 20.4 Å². The van der Waals surface area contributed by atoms with Gasteiger partial charge in [-0.2, -0.15) is 0 Å². The van der Waals surface area contributed by atoms with E-state index in [0.29, 0.717) is 5.56 Å². The molecule has 0 aliphatic heterocycles. The van der Waals surface area contributed by atoms with Crippen molar-refractivity contribution in [1.82, 2.24) is 10.9 Å². The van der Waals surface area contributed by atoms with E-state index in [4.69, 9.17) is 4.74 Å². The summed E-state index contributed by atoms with van der Waals surface area (Å²) in [5.41, 5.74) is 4.81. The number of benzene rings is 2. The van der Waals surface area contributed by atoms with Gasteiger partial charge in [0.25, 0.3) is 11.8 Å². The Balaban J connectivity index is 1.82. The molecule has 0 aromatic heterocycles. The Morgan fingerprint density at radius 2 is 1.84 bits per heavy atom. The molecule has 0 aliphatic rings. The van der Waals surface area contributed by atoms with Crippen molar-refractivity contribution in [3.63, 3.8) is 0 Å². The Kier molecular flexibility index (Phi) is 6.22. The minimum Gasteiger partial charge on any atom is -0.478 e. The first-order chi connectivity index (χ1) is 12.0. The van der Waals surface area contributed by atoms with E-state index in [1.165, 1.54) is 49.4 Å². The first-order valence-electron chi connectivity index (χ1n) is 7.40. The third kappa shape index (κ3) is 5.72. The third-order valence-electron chi connectivity index (χ3n) is 3.09. The number of carbonyl (C=O) groups is 2. The molecule has 2 rings (SSSR count). The van der Waals surface area contributed by atoms with Crippen LogP contribution in [0.4, 0.5) is 8.78 Å². The Morgan fingerprint density at radius 3 is 2.56 bits per heavy atom. The lowest BCUT2D eigenvalue weighted by molar-refractivity contribution is -0.131. The molecule has 1 atom stereocenters. The van der Waals surface area contributed by atoms with Crippen LogP contribution in [0.1, 0.15) is 12.5 Å². The summed E-state index contributed by atoms with van der Waals surface area (Å²) >= 11 is 0. The highest BCUT2D eigenvalue weighted by Gasteiger charge is 2.16. The number of rotatable bonds is 5. The van der Waals surface area contributed by atoms with E-state index in [9.17, 15) is 18.4 Å². The number of hydrazine groups is 1. The van der Waals surface area contributed by atoms with Crippen molar-refractivity contribution in [2.45, 2.75) is 13.0 Å². The predicted octanol–water partition coefficient (Wildman–Crippen LogP) is 2.59. The second kappa shape index (κ2) is 8.58. The van der Waals surface area contributed by atoms with E-state index in [1.54, 1.807) is 12.1 Å². The number of amides is 2. The zero-order valence-electron chi connectivity index (χ0n) is 13.3. The lowest BCUT2D eigenvalue weighted by Crippen LogP contribution is -2.46. The molecule has 5 nitrogen and oxygen atoms in total. The molecule has 130 valence electrons. The molecule has 0 saturated carbocycles. The minimum absolute atomic E-state index is 0.0672. The topological polar surface area (TPSA) is 67.4 Å². The molecular formula is C18H16F2N2O3. The van der Waals surface area contributed by atoms with Gasteiger partial charge >= 0.3 is 0 Å². The Morgan fingerprint density at radius 1 is 1.08 bits per heavy atom. The number of hydrogen-bond donors (Lipinski definition) is 2. The van der Waals surface area contributed by atoms with Crippen LogP contribution in [-0.4, -0.2) is 17.9 Å². The van der Waals surface area contributed by atoms with Gasteiger partial charge in [0.05, 0.1) is 0 Å². The van der Waals surface area contributed by atoms with Crippen molar-refractivity contribution in [3.8, 4) is 5.75 Å². The van der Waals surface area contributed by atoms with E-state index in [0.717, 1.165) is 6.08 Å². The van der Waals surface area contributed by atoms with Gasteiger partial charge in [-0.15, -0.1) is 0 Å². The van der Waals surface area contributed by atoms with Crippen LogP contribution in [0, 0.1) is 11.6 Å². The normalized spacial score (nSPS) is 11.8. The smallest absolute Gasteiger partial charge is 0.279 e. The Bertz CT molecular complexity index is 793. The molecule has 0 spiro atoms. The van der Waals surface area contributed by atoms with Crippen LogP contribution >= 0.6 is 0 Å². The Hall–Kier alpha value is -3.22. The number of halogens is 2. The standard InChI is InChI=1S/C18H16F2N2O3/c1-12(25-16-8-3-2-7-15(16)20)18(24)22-21-17(23)10-9-13-5-4-6-14(19)11-13/h2-12H,1H3,(H,21,23)(H,22,24)/b10-9+/t12-/m0/s1. The molecule has 2 amide bonds. The number of ether oxygens (including phenoxy) is 1. The molecule has 0 radical (unpaired) electrons. The molecule has 2 N–H and O–H groups in total. The average molecular weight is 346 g/mol. The summed E-state index contributed by atoms with van der Waals surface area (Å²) in [6.07, 6.45) is 1.51. The fraction of sp³-hybridized carbons (Fsp3) is 0.111. The molecule has 25 heavy (non-hydrogen) atoms. The summed E-state index contributed by atoms with van der Waals surface area (Å²) in [5.74, 6) is -2.35. The molecule has 0 fully saturated rings. The number of para-hydroxylation sites is 1. The maximum atomic E-state index is 13.5. The summed E-state index contributed by atoms with van der Waals surface area (Å²) in [6, 6.07) is 11.3. The van der Waals surface area contributed by atoms with Gasteiger partial charge in [0, 0.05) is 6.08 Å². The van der Waals surface area contributed by atoms with Crippen LogP contribution in [0.25, 0.3) is 6.08 Å². The SMILES string of the molecule is C[C@H](Oc1ccccc1F)C(=O)NNC(=O)/C=C/c1cccc(F)c1. The minimum atomic E-state index is -1.02. The van der Waals surface area contributed by atoms with Crippen molar-refractivity contribution in [2.24, 2.45) is 0 Å². The molecule has 0 aliphatic carbocycles. The number of carbonyl (C=O) groups excluding carboxylic acids is 2. The van der Waals surface area contributed by atoms with E-state index in [2.05, 4.69) is 10.9 Å². The molecule has 0 unspecified atom stereocenters. The van der Waals surface area contributed by atoms with Gasteiger partial charge in [-0.1, -0.05) is 24.3 Å². The maximum absolute atomic E-state index is 13.5. The largest absolute Gasteiger partial charge is 0.478 e. The van der Waals surface area contributed by atoms with Gasteiger partial charge in [-0.25, -0.2) is 8.78 Å². The van der Waals surface area contributed by atoms with Crippen molar-refractivity contribution in [1.29, 1.82) is 0 Å². The first-order valence-corrected chi connectivity index (χ1v) is 7.40. The number of nitrogens with one attached hydrogen (secondary N) is 2. The molecule has 7 heteroatoms. The van der Waals surface area contributed by atoms with Crippen molar-refractivity contribution in [3.05, 3.63) is 71.8 Å². The van der Waals surface area contributed by atoms with E-state index >= 15 is 0 Å². The quantitative estimate of drug-likeness (QED) is 0.646. The summed E-state index contributed by atoms with van der Waals surface area (Å²) < 4.78 is 31.6. The van der Waals surface area contributed by atoms with Gasteiger partial charge in [0.15, 0.2) is 17.7 Å². The monoisotopic (exact) mass is 346 g/mol. The molecule has 0 bridgehead atoms. The highest BCUT2D eigenvalue weighted by atomic mass is 19.1. The van der Waals surface area contributed by atoms with Crippen molar-refractivity contribution < 1.29 is 23.1 Å². The first kappa shape index (κ1) is 18.1. The van der Waals surface area contributed by atoms with Gasteiger partial charge in [0.1, 0.15) is 5.82 Å². The zero-order valence-corrected chi connectivity index (χ0v) is 13.3. The van der Waals surface area contributed by atoms with Crippen LogP contribution < -0.4 is 15.6 Å². The molecule has 2 aromatic carbocycles. The fourth-order valence-corrected chi connectivity index (χ4v) is 1.83. The molecule has 0 saturated heterocycles. The maximum Gasteiger partial charge on any atom is 0.279 e. The van der Waals surface area contributed by atoms with Crippen LogP contribution in [0.5, 0.6) is 5.75 Å². The summed E-state index contributed by atoms with van der Waals surface area (Å²) in [4.78, 5) is 23.5. The molecular weight excluding hydrogens is 330 g/mol. The zero-order chi connectivity index (χ0) is 18.2. The van der Waals surface area contributed by atoms with Crippen LogP contribution in [-0.2, 0) is 9.59 Å². The Labute approximate surface area is 143 Å². The highest BCUT2D eigenvalue weighted by Crippen LogP contribution is 2.16. The predicted molar refractivity (Wildman–Crippen MR) is 88.2 cm³/mol. The third-order valence-corrected chi connectivity index (χ3v) is 3.09. The second-order valence-electron chi connectivity index (χ2n) is 5.06. The van der Waals surface area contributed by atoms with Crippen LogP contribution in [0.3, 0.4) is 0 Å². The van der Waals surface area contributed by atoms with Gasteiger partial charge in [-0.05, 0) is 42.8 Å². The van der Waals surface area contributed by atoms with E-state index < -0.39 is 29.6 Å².